The van der Waals surface area contributed by atoms with E-state index in [0.29, 0.717) is 13.2 Å². The van der Waals surface area contributed by atoms with E-state index < -0.39 is 0 Å². The fraction of sp³-hybridized carbons (Fsp3) is 0.571. The minimum absolute atomic E-state index is 0.0466. The Morgan fingerprint density at radius 2 is 1.94 bits per heavy atom. The van der Waals surface area contributed by atoms with Gasteiger partial charge >= 0.3 is 0 Å². The molecule has 0 aliphatic rings. The van der Waals surface area contributed by atoms with E-state index in [4.69, 9.17) is 10.6 Å². The fourth-order valence-corrected chi connectivity index (χ4v) is 1.95. The molecule has 0 radical (unpaired) electrons. The smallest absolute Gasteiger partial charge is 0.0696 e. The number of benzene rings is 1. The molecule has 0 fully saturated rings. The van der Waals surface area contributed by atoms with Crippen molar-refractivity contribution in [3.63, 3.8) is 0 Å². The zero-order valence-electron chi connectivity index (χ0n) is 11.3. The van der Waals surface area contributed by atoms with Gasteiger partial charge in [-0.3, -0.25) is 11.3 Å². The molecule has 0 aliphatic carbocycles. The number of hydrogen-bond donors (Lipinski definition) is 2. The third-order valence-electron chi connectivity index (χ3n) is 2.83. The number of nitrogens with one attached hydrogen (secondary N) is 1. The molecule has 3 nitrogen and oxygen atoms in total. The van der Waals surface area contributed by atoms with Crippen LogP contribution in [0.15, 0.2) is 24.3 Å². The summed E-state index contributed by atoms with van der Waals surface area (Å²) in [5.41, 5.74) is 5.48. The van der Waals surface area contributed by atoms with Crippen molar-refractivity contribution < 1.29 is 4.74 Å². The standard InChI is InChI=1S/C14H24N2O/c1-5-17-10-13(16-15)11-8-6-7-9-12(11)14(2,3)4/h6-9,13,16H,5,10,15H2,1-4H3. The molecule has 0 aliphatic heterocycles. The summed E-state index contributed by atoms with van der Waals surface area (Å²) in [4.78, 5) is 0. The lowest BCUT2D eigenvalue weighted by molar-refractivity contribution is 0.122. The van der Waals surface area contributed by atoms with Gasteiger partial charge in [0.15, 0.2) is 0 Å². The number of hydrogen-bond acceptors (Lipinski definition) is 3. The summed E-state index contributed by atoms with van der Waals surface area (Å²) in [7, 11) is 0. The summed E-state index contributed by atoms with van der Waals surface area (Å²) >= 11 is 0. The van der Waals surface area contributed by atoms with E-state index >= 15 is 0 Å². The van der Waals surface area contributed by atoms with Gasteiger partial charge in [0.25, 0.3) is 0 Å². The van der Waals surface area contributed by atoms with Crippen LogP contribution in [0, 0.1) is 0 Å². The van der Waals surface area contributed by atoms with Crippen LogP contribution >= 0.6 is 0 Å². The lowest BCUT2D eigenvalue weighted by Crippen LogP contribution is -2.33. The number of ether oxygens (including phenoxy) is 1. The highest BCUT2D eigenvalue weighted by molar-refractivity contribution is 5.35. The van der Waals surface area contributed by atoms with Gasteiger partial charge in [0.2, 0.25) is 0 Å². The van der Waals surface area contributed by atoms with E-state index in [1.165, 1.54) is 11.1 Å². The molecule has 0 heterocycles. The van der Waals surface area contributed by atoms with Crippen LogP contribution in [0.2, 0.25) is 0 Å². The summed E-state index contributed by atoms with van der Waals surface area (Å²) in [6, 6.07) is 8.43. The van der Waals surface area contributed by atoms with Crippen molar-refractivity contribution in [3.05, 3.63) is 35.4 Å². The molecule has 17 heavy (non-hydrogen) atoms. The van der Waals surface area contributed by atoms with E-state index in [1.807, 2.05) is 13.0 Å². The van der Waals surface area contributed by atoms with Crippen LogP contribution in [0.1, 0.15) is 44.9 Å². The van der Waals surface area contributed by atoms with Crippen molar-refractivity contribution in [1.29, 1.82) is 0 Å². The molecule has 0 aromatic heterocycles. The Morgan fingerprint density at radius 3 is 2.47 bits per heavy atom. The monoisotopic (exact) mass is 236 g/mol. The molecular weight excluding hydrogens is 212 g/mol. The van der Waals surface area contributed by atoms with Crippen molar-refractivity contribution in [2.24, 2.45) is 5.84 Å². The average molecular weight is 236 g/mol. The Bertz CT molecular complexity index is 344. The second kappa shape index (κ2) is 6.15. The Morgan fingerprint density at radius 1 is 1.29 bits per heavy atom. The summed E-state index contributed by atoms with van der Waals surface area (Å²) < 4.78 is 5.47. The van der Waals surface area contributed by atoms with Crippen LogP contribution in [-0.4, -0.2) is 13.2 Å². The molecule has 1 aromatic rings. The molecule has 1 unspecified atom stereocenters. The molecule has 1 atom stereocenters. The maximum absolute atomic E-state index is 5.63. The molecule has 0 amide bonds. The maximum Gasteiger partial charge on any atom is 0.0696 e. The minimum atomic E-state index is 0.0466. The highest BCUT2D eigenvalue weighted by atomic mass is 16.5. The van der Waals surface area contributed by atoms with Crippen molar-refractivity contribution in [3.8, 4) is 0 Å². The quantitative estimate of drug-likeness (QED) is 0.610. The molecule has 0 bridgehead atoms. The summed E-state index contributed by atoms with van der Waals surface area (Å²) in [6.45, 7) is 9.92. The third kappa shape index (κ3) is 3.80. The van der Waals surface area contributed by atoms with Gasteiger partial charge < -0.3 is 4.74 Å². The van der Waals surface area contributed by atoms with E-state index in [2.05, 4.69) is 44.4 Å². The maximum atomic E-state index is 5.63. The van der Waals surface area contributed by atoms with Crippen molar-refractivity contribution in [2.45, 2.75) is 39.2 Å². The average Bonchev–Trinajstić information content (AvgIpc) is 2.29. The predicted octanol–water partition coefficient (Wildman–Crippen LogP) is 2.53. The molecule has 1 rings (SSSR count). The van der Waals surface area contributed by atoms with Crippen molar-refractivity contribution >= 4 is 0 Å². The highest BCUT2D eigenvalue weighted by Crippen LogP contribution is 2.29. The van der Waals surface area contributed by atoms with Crippen LogP contribution in [-0.2, 0) is 10.2 Å². The van der Waals surface area contributed by atoms with Gasteiger partial charge in [-0.05, 0) is 23.5 Å². The topological polar surface area (TPSA) is 47.3 Å². The van der Waals surface area contributed by atoms with Crippen LogP contribution in [0.25, 0.3) is 0 Å². The number of rotatable bonds is 5. The molecule has 1 aromatic carbocycles. The Hall–Kier alpha value is -0.900. The summed E-state index contributed by atoms with van der Waals surface area (Å²) in [6.07, 6.45) is 0. The van der Waals surface area contributed by atoms with E-state index in [-0.39, 0.29) is 11.5 Å². The molecule has 0 saturated carbocycles. The van der Waals surface area contributed by atoms with Gasteiger partial charge in [-0.15, -0.1) is 0 Å². The Labute approximate surface area is 104 Å². The summed E-state index contributed by atoms with van der Waals surface area (Å²) in [5.74, 6) is 5.63. The molecule has 0 saturated heterocycles. The summed E-state index contributed by atoms with van der Waals surface area (Å²) in [5, 5.41) is 0. The fourth-order valence-electron chi connectivity index (χ4n) is 1.95. The third-order valence-corrected chi connectivity index (χ3v) is 2.83. The number of hydrazine groups is 1. The first-order chi connectivity index (χ1) is 8.00. The molecule has 96 valence electrons. The first-order valence-corrected chi connectivity index (χ1v) is 6.14. The SMILES string of the molecule is CCOCC(NN)c1ccccc1C(C)(C)C. The van der Waals surface area contributed by atoms with Crippen LogP contribution in [0.5, 0.6) is 0 Å². The largest absolute Gasteiger partial charge is 0.380 e. The highest BCUT2D eigenvalue weighted by Gasteiger charge is 2.21. The second-order valence-corrected chi connectivity index (χ2v) is 5.22. The van der Waals surface area contributed by atoms with Crippen LogP contribution in [0.4, 0.5) is 0 Å². The molecule has 0 spiro atoms. The Balaban J connectivity index is 3.02. The molecule has 3 heteroatoms. The first-order valence-electron chi connectivity index (χ1n) is 6.14. The minimum Gasteiger partial charge on any atom is -0.380 e. The lowest BCUT2D eigenvalue weighted by atomic mass is 9.82. The van der Waals surface area contributed by atoms with Gasteiger partial charge in [0, 0.05) is 6.61 Å². The lowest BCUT2D eigenvalue weighted by Gasteiger charge is -2.27. The van der Waals surface area contributed by atoms with Crippen LogP contribution in [0.3, 0.4) is 0 Å². The van der Waals surface area contributed by atoms with E-state index in [0.717, 1.165) is 0 Å². The van der Waals surface area contributed by atoms with Gasteiger partial charge in [-0.2, -0.15) is 0 Å². The molecular formula is C14H24N2O. The van der Waals surface area contributed by atoms with Gasteiger partial charge in [-0.25, -0.2) is 0 Å². The van der Waals surface area contributed by atoms with Gasteiger partial charge in [0.05, 0.1) is 12.6 Å². The Kier molecular flexibility index (Phi) is 5.12. The van der Waals surface area contributed by atoms with Crippen molar-refractivity contribution in [1.82, 2.24) is 5.43 Å². The zero-order valence-corrected chi connectivity index (χ0v) is 11.3. The molecule has 3 N–H and O–H groups in total. The van der Waals surface area contributed by atoms with Crippen molar-refractivity contribution in [2.75, 3.05) is 13.2 Å². The van der Waals surface area contributed by atoms with E-state index in [9.17, 15) is 0 Å². The van der Waals surface area contributed by atoms with Crippen LogP contribution < -0.4 is 11.3 Å². The zero-order chi connectivity index (χ0) is 12.9. The predicted molar refractivity (Wildman–Crippen MR) is 71.7 cm³/mol. The first kappa shape index (κ1) is 14.2. The van der Waals surface area contributed by atoms with Gasteiger partial charge in [-0.1, -0.05) is 45.0 Å². The normalized spacial score (nSPS) is 13.7. The number of nitrogens with two attached hydrogens (primary N) is 1. The van der Waals surface area contributed by atoms with E-state index in [1.54, 1.807) is 0 Å². The van der Waals surface area contributed by atoms with Gasteiger partial charge in [0.1, 0.15) is 0 Å². The second-order valence-electron chi connectivity index (χ2n) is 5.22.